The van der Waals surface area contributed by atoms with Crippen LogP contribution in [0.4, 0.5) is 5.69 Å². The molecule has 0 radical (unpaired) electrons. The summed E-state index contributed by atoms with van der Waals surface area (Å²) in [4.78, 5) is 25.5. The zero-order chi connectivity index (χ0) is 15.1. The van der Waals surface area contributed by atoms with Gasteiger partial charge >= 0.3 is 11.8 Å². The summed E-state index contributed by atoms with van der Waals surface area (Å²) in [5.41, 5.74) is 1.92. The predicted octanol–water partition coefficient (Wildman–Crippen LogP) is 1.40. The van der Waals surface area contributed by atoms with Gasteiger partial charge in [-0.15, -0.1) is 0 Å². The van der Waals surface area contributed by atoms with E-state index >= 15 is 0 Å². The molecule has 21 heavy (non-hydrogen) atoms. The minimum absolute atomic E-state index is 0.452. The fourth-order valence-corrected chi connectivity index (χ4v) is 2.33. The summed E-state index contributed by atoms with van der Waals surface area (Å²) in [5, 5.41) is 5.83. The highest BCUT2D eigenvalue weighted by Gasteiger charge is 2.23. The van der Waals surface area contributed by atoms with Crippen molar-refractivity contribution < 1.29 is 9.59 Å². The number of unbranched alkanes of at least 4 members (excludes halogenated alkanes) is 1. The molecule has 0 saturated carbocycles. The molecule has 2 N–H and O–H groups in total. The summed E-state index contributed by atoms with van der Waals surface area (Å²) in [7, 11) is 0. The molecule has 0 aromatic heterocycles. The molecule has 0 aliphatic carbocycles. The zero-order valence-corrected chi connectivity index (χ0v) is 12.5. The Balaban J connectivity index is 1.88. The van der Waals surface area contributed by atoms with E-state index in [1.54, 1.807) is 4.90 Å². The lowest BCUT2D eigenvalue weighted by atomic mass is 10.1. The van der Waals surface area contributed by atoms with Gasteiger partial charge in [-0.3, -0.25) is 9.59 Å². The Labute approximate surface area is 125 Å². The first-order valence-electron chi connectivity index (χ1n) is 7.60. The second kappa shape index (κ2) is 7.78. The van der Waals surface area contributed by atoms with Crippen molar-refractivity contribution in [2.45, 2.75) is 26.2 Å². The molecule has 1 saturated heterocycles. The highest BCUT2D eigenvalue weighted by Crippen LogP contribution is 2.12. The van der Waals surface area contributed by atoms with Crippen LogP contribution in [0.3, 0.4) is 0 Å². The molecule has 1 fully saturated rings. The average Bonchev–Trinajstić information content (AvgIpc) is 2.54. The van der Waals surface area contributed by atoms with Gasteiger partial charge in [0.1, 0.15) is 0 Å². The van der Waals surface area contributed by atoms with E-state index in [0.29, 0.717) is 18.8 Å². The lowest BCUT2D eigenvalue weighted by Crippen LogP contribution is -2.49. The standard InChI is InChI=1S/C16H23N3O2/c1-2-3-4-13-5-7-14(8-6-13)18-15(20)16(21)19-11-9-17-10-12-19/h5-8,17H,2-4,9-12H2,1H3,(H,18,20). The van der Waals surface area contributed by atoms with Gasteiger partial charge in [0.25, 0.3) is 0 Å². The molecule has 0 unspecified atom stereocenters. The van der Waals surface area contributed by atoms with Gasteiger partial charge in [-0.2, -0.15) is 0 Å². The molecule has 1 heterocycles. The van der Waals surface area contributed by atoms with E-state index in [1.165, 1.54) is 5.56 Å². The van der Waals surface area contributed by atoms with E-state index in [2.05, 4.69) is 17.6 Å². The number of carbonyl (C=O) groups excluding carboxylic acids is 2. The Kier molecular flexibility index (Phi) is 5.75. The van der Waals surface area contributed by atoms with Crippen LogP contribution in [0, 0.1) is 0 Å². The fourth-order valence-electron chi connectivity index (χ4n) is 2.33. The van der Waals surface area contributed by atoms with Crippen LogP contribution < -0.4 is 10.6 Å². The minimum atomic E-state index is -0.557. The second-order valence-electron chi connectivity index (χ2n) is 5.30. The second-order valence-corrected chi connectivity index (χ2v) is 5.30. The van der Waals surface area contributed by atoms with Crippen LogP contribution in [-0.2, 0) is 16.0 Å². The molecule has 1 aliphatic rings. The number of amides is 2. The van der Waals surface area contributed by atoms with Crippen molar-refractivity contribution in [2.24, 2.45) is 0 Å². The normalized spacial score (nSPS) is 14.8. The van der Waals surface area contributed by atoms with Crippen molar-refractivity contribution in [3.05, 3.63) is 29.8 Å². The van der Waals surface area contributed by atoms with Gasteiger partial charge in [0, 0.05) is 31.9 Å². The number of piperazine rings is 1. The molecule has 1 aromatic rings. The molecule has 2 rings (SSSR count). The molecule has 2 amide bonds. The van der Waals surface area contributed by atoms with Crippen molar-refractivity contribution in [3.63, 3.8) is 0 Å². The first kappa shape index (κ1) is 15.5. The molecule has 5 heteroatoms. The topological polar surface area (TPSA) is 61.4 Å². The molecule has 0 bridgehead atoms. The number of rotatable bonds is 4. The van der Waals surface area contributed by atoms with Crippen molar-refractivity contribution >= 4 is 17.5 Å². The third kappa shape index (κ3) is 4.56. The van der Waals surface area contributed by atoms with Gasteiger partial charge in [-0.25, -0.2) is 0 Å². The van der Waals surface area contributed by atoms with Crippen molar-refractivity contribution in [2.75, 3.05) is 31.5 Å². The summed E-state index contributed by atoms with van der Waals surface area (Å²) in [6, 6.07) is 7.71. The summed E-state index contributed by atoms with van der Waals surface area (Å²) >= 11 is 0. The zero-order valence-electron chi connectivity index (χ0n) is 12.5. The number of anilines is 1. The molecule has 0 atom stereocenters. The molecule has 5 nitrogen and oxygen atoms in total. The van der Waals surface area contributed by atoms with Gasteiger partial charge < -0.3 is 15.5 Å². The van der Waals surface area contributed by atoms with E-state index in [-0.39, 0.29) is 0 Å². The van der Waals surface area contributed by atoms with Gasteiger partial charge in [-0.1, -0.05) is 25.5 Å². The van der Waals surface area contributed by atoms with E-state index in [1.807, 2.05) is 24.3 Å². The highest BCUT2D eigenvalue weighted by molar-refractivity contribution is 6.39. The number of benzene rings is 1. The highest BCUT2D eigenvalue weighted by atomic mass is 16.2. The predicted molar refractivity (Wildman–Crippen MR) is 83.1 cm³/mol. The maximum atomic E-state index is 12.0. The third-order valence-electron chi connectivity index (χ3n) is 3.63. The van der Waals surface area contributed by atoms with Crippen molar-refractivity contribution in [1.29, 1.82) is 0 Å². The maximum absolute atomic E-state index is 12.0. The van der Waals surface area contributed by atoms with Crippen LogP contribution in [0.5, 0.6) is 0 Å². The van der Waals surface area contributed by atoms with Gasteiger partial charge in [0.15, 0.2) is 0 Å². The molecule has 114 valence electrons. The molecule has 0 spiro atoms. The minimum Gasteiger partial charge on any atom is -0.332 e. The Hall–Kier alpha value is -1.88. The van der Waals surface area contributed by atoms with E-state index in [4.69, 9.17) is 0 Å². The number of nitrogens with zero attached hydrogens (tertiary/aromatic N) is 1. The smallest absolute Gasteiger partial charge is 0.313 e. The van der Waals surface area contributed by atoms with Crippen LogP contribution >= 0.6 is 0 Å². The van der Waals surface area contributed by atoms with Crippen LogP contribution in [0.1, 0.15) is 25.3 Å². The maximum Gasteiger partial charge on any atom is 0.313 e. The number of aryl methyl sites for hydroxylation is 1. The fraction of sp³-hybridized carbons (Fsp3) is 0.500. The van der Waals surface area contributed by atoms with Crippen molar-refractivity contribution in [3.8, 4) is 0 Å². The van der Waals surface area contributed by atoms with Crippen LogP contribution in [0.25, 0.3) is 0 Å². The molecule has 1 aliphatic heterocycles. The third-order valence-corrected chi connectivity index (χ3v) is 3.63. The first-order valence-corrected chi connectivity index (χ1v) is 7.60. The Morgan fingerprint density at radius 2 is 1.86 bits per heavy atom. The molecular formula is C16H23N3O2. The first-order chi connectivity index (χ1) is 10.2. The van der Waals surface area contributed by atoms with Crippen LogP contribution in [0.2, 0.25) is 0 Å². The Bertz CT molecular complexity index is 479. The number of carbonyl (C=O) groups is 2. The van der Waals surface area contributed by atoms with Crippen LogP contribution in [-0.4, -0.2) is 42.9 Å². The average molecular weight is 289 g/mol. The SMILES string of the molecule is CCCCc1ccc(NC(=O)C(=O)N2CCNCC2)cc1. The van der Waals surface area contributed by atoms with Crippen molar-refractivity contribution in [1.82, 2.24) is 10.2 Å². The Morgan fingerprint density at radius 3 is 2.48 bits per heavy atom. The van der Waals surface area contributed by atoms with E-state index < -0.39 is 11.8 Å². The molecular weight excluding hydrogens is 266 g/mol. The largest absolute Gasteiger partial charge is 0.332 e. The lowest BCUT2D eigenvalue weighted by Gasteiger charge is -2.26. The Morgan fingerprint density at radius 1 is 1.19 bits per heavy atom. The summed E-state index contributed by atoms with van der Waals surface area (Å²) in [6.07, 6.45) is 3.37. The molecule has 1 aromatic carbocycles. The van der Waals surface area contributed by atoms with Gasteiger partial charge in [-0.05, 0) is 30.5 Å². The summed E-state index contributed by atoms with van der Waals surface area (Å²) in [5.74, 6) is -1.01. The number of nitrogens with one attached hydrogen (secondary N) is 2. The monoisotopic (exact) mass is 289 g/mol. The van der Waals surface area contributed by atoms with Gasteiger partial charge in [0.2, 0.25) is 0 Å². The number of hydrogen-bond acceptors (Lipinski definition) is 3. The quantitative estimate of drug-likeness (QED) is 0.824. The lowest BCUT2D eigenvalue weighted by molar-refractivity contribution is -0.143. The summed E-state index contributed by atoms with van der Waals surface area (Å²) in [6.45, 7) is 4.82. The van der Waals surface area contributed by atoms with E-state index in [9.17, 15) is 9.59 Å². The number of hydrogen-bond donors (Lipinski definition) is 2. The van der Waals surface area contributed by atoms with E-state index in [0.717, 1.165) is 32.4 Å². The van der Waals surface area contributed by atoms with Crippen LogP contribution in [0.15, 0.2) is 24.3 Å². The van der Waals surface area contributed by atoms with Gasteiger partial charge in [0.05, 0.1) is 0 Å². The summed E-state index contributed by atoms with van der Waals surface area (Å²) < 4.78 is 0.